The Kier molecular flexibility index (Phi) is 8.31. The number of nitrogens with zero attached hydrogens (tertiary/aromatic N) is 2. The van der Waals surface area contributed by atoms with Crippen LogP contribution in [0.5, 0.6) is 5.75 Å². The monoisotopic (exact) mass is 417 g/mol. The SMILES string of the molecule is O=C(CN1CCN(CC(O)COc2ccccc2Cl)CC1)NCc1ccccc1. The molecule has 0 bridgehead atoms. The third kappa shape index (κ3) is 7.33. The Hall–Kier alpha value is -2.12. The van der Waals surface area contributed by atoms with Gasteiger partial charge in [-0.15, -0.1) is 0 Å². The lowest BCUT2D eigenvalue weighted by Gasteiger charge is -2.35. The van der Waals surface area contributed by atoms with Crippen LogP contribution in [0.4, 0.5) is 0 Å². The number of nitrogens with one attached hydrogen (secondary N) is 1. The van der Waals surface area contributed by atoms with Gasteiger partial charge in [-0.2, -0.15) is 0 Å². The average Bonchev–Trinajstić information content (AvgIpc) is 2.74. The number of piperazine rings is 1. The number of rotatable bonds is 9. The van der Waals surface area contributed by atoms with Gasteiger partial charge in [-0.1, -0.05) is 54.1 Å². The smallest absolute Gasteiger partial charge is 0.234 e. The van der Waals surface area contributed by atoms with Crippen LogP contribution in [0.1, 0.15) is 5.56 Å². The number of carbonyl (C=O) groups is 1. The maximum Gasteiger partial charge on any atom is 0.234 e. The topological polar surface area (TPSA) is 65.0 Å². The van der Waals surface area contributed by atoms with E-state index in [2.05, 4.69) is 15.1 Å². The Bertz CT molecular complexity index is 767. The quantitative estimate of drug-likeness (QED) is 0.653. The van der Waals surface area contributed by atoms with Crippen LogP contribution in [0.25, 0.3) is 0 Å². The number of amides is 1. The van der Waals surface area contributed by atoms with E-state index in [0.29, 0.717) is 30.4 Å². The van der Waals surface area contributed by atoms with Crippen molar-refractivity contribution in [3.05, 3.63) is 65.2 Å². The summed E-state index contributed by atoms with van der Waals surface area (Å²) in [7, 11) is 0. The first kappa shape index (κ1) is 21.6. The molecule has 1 aliphatic heterocycles. The summed E-state index contributed by atoms with van der Waals surface area (Å²) in [5.41, 5.74) is 1.10. The lowest BCUT2D eigenvalue weighted by atomic mass is 10.2. The number of aliphatic hydroxyl groups is 1. The van der Waals surface area contributed by atoms with E-state index in [1.807, 2.05) is 42.5 Å². The molecule has 1 heterocycles. The summed E-state index contributed by atoms with van der Waals surface area (Å²) in [6, 6.07) is 17.1. The van der Waals surface area contributed by atoms with Gasteiger partial charge in [-0.25, -0.2) is 0 Å². The van der Waals surface area contributed by atoms with Crippen molar-refractivity contribution in [2.24, 2.45) is 0 Å². The highest BCUT2D eigenvalue weighted by molar-refractivity contribution is 6.32. The molecule has 1 unspecified atom stereocenters. The fourth-order valence-corrected chi connectivity index (χ4v) is 3.47. The molecule has 0 saturated carbocycles. The van der Waals surface area contributed by atoms with Crippen LogP contribution in [0, 0.1) is 0 Å². The molecule has 1 fully saturated rings. The number of aliphatic hydroxyl groups excluding tert-OH is 1. The van der Waals surface area contributed by atoms with E-state index in [9.17, 15) is 9.90 Å². The van der Waals surface area contributed by atoms with Gasteiger partial charge in [0.1, 0.15) is 18.5 Å². The molecule has 0 aliphatic carbocycles. The Labute approximate surface area is 177 Å². The van der Waals surface area contributed by atoms with Gasteiger partial charge < -0.3 is 15.2 Å². The Balaban J connectivity index is 1.31. The summed E-state index contributed by atoms with van der Waals surface area (Å²) in [5.74, 6) is 0.620. The number of halogens is 1. The molecule has 156 valence electrons. The van der Waals surface area contributed by atoms with Crippen molar-refractivity contribution in [1.29, 1.82) is 0 Å². The molecule has 1 amide bonds. The first-order valence-corrected chi connectivity index (χ1v) is 10.3. The Morgan fingerprint density at radius 1 is 1.03 bits per heavy atom. The van der Waals surface area contributed by atoms with E-state index in [1.165, 1.54) is 0 Å². The minimum absolute atomic E-state index is 0.0375. The fraction of sp³-hybridized carbons (Fsp3) is 0.409. The predicted molar refractivity (Wildman–Crippen MR) is 114 cm³/mol. The molecule has 6 nitrogen and oxygen atoms in total. The van der Waals surface area contributed by atoms with E-state index in [4.69, 9.17) is 16.3 Å². The number of hydrogen-bond acceptors (Lipinski definition) is 5. The second-order valence-corrected chi connectivity index (χ2v) is 7.64. The van der Waals surface area contributed by atoms with Crippen LogP contribution in [-0.2, 0) is 11.3 Å². The molecule has 0 aromatic heterocycles. The summed E-state index contributed by atoms with van der Waals surface area (Å²) < 4.78 is 5.61. The van der Waals surface area contributed by atoms with Crippen LogP contribution in [0.2, 0.25) is 5.02 Å². The van der Waals surface area contributed by atoms with Crippen molar-refractivity contribution in [3.63, 3.8) is 0 Å². The number of benzene rings is 2. The molecule has 0 radical (unpaired) electrons. The zero-order valence-corrected chi connectivity index (χ0v) is 17.2. The largest absolute Gasteiger partial charge is 0.489 e. The van der Waals surface area contributed by atoms with Crippen molar-refractivity contribution < 1.29 is 14.6 Å². The van der Waals surface area contributed by atoms with Crippen molar-refractivity contribution in [3.8, 4) is 5.75 Å². The van der Waals surface area contributed by atoms with Gasteiger partial charge in [0.25, 0.3) is 0 Å². The van der Waals surface area contributed by atoms with Gasteiger partial charge in [0.15, 0.2) is 0 Å². The van der Waals surface area contributed by atoms with Crippen molar-refractivity contribution >= 4 is 17.5 Å². The summed E-state index contributed by atoms with van der Waals surface area (Å²) in [4.78, 5) is 16.5. The van der Waals surface area contributed by atoms with E-state index in [1.54, 1.807) is 12.1 Å². The minimum atomic E-state index is -0.591. The highest BCUT2D eigenvalue weighted by Gasteiger charge is 2.21. The highest BCUT2D eigenvalue weighted by atomic mass is 35.5. The van der Waals surface area contributed by atoms with Crippen molar-refractivity contribution in [2.75, 3.05) is 45.9 Å². The van der Waals surface area contributed by atoms with Gasteiger partial charge in [0.2, 0.25) is 5.91 Å². The van der Waals surface area contributed by atoms with Crippen LogP contribution in [0.15, 0.2) is 54.6 Å². The third-order valence-corrected chi connectivity index (χ3v) is 5.21. The summed E-state index contributed by atoms with van der Waals surface area (Å²) in [6.07, 6.45) is -0.591. The second-order valence-electron chi connectivity index (χ2n) is 7.23. The molecule has 2 aromatic rings. The summed E-state index contributed by atoms with van der Waals surface area (Å²) >= 11 is 6.06. The maximum atomic E-state index is 12.2. The van der Waals surface area contributed by atoms with Gasteiger partial charge in [-0.05, 0) is 17.7 Å². The van der Waals surface area contributed by atoms with Crippen LogP contribution < -0.4 is 10.1 Å². The molecule has 0 spiro atoms. The zero-order valence-electron chi connectivity index (χ0n) is 16.5. The first-order chi connectivity index (χ1) is 14.1. The predicted octanol–water partition coefficient (Wildman–Crippen LogP) is 2.01. The molecular formula is C22H28ClN3O3. The molecular weight excluding hydrogens is 390 g/mol. The summed E-state index contributed by atoms with van der Waals surface area (Å²) in [6.45, 7) is 4.93. The van der Waals surface area contributed by atoms with Gasteiger partial charge in [-0.3, -0.25) is 14.6 Å². The van der Waals surface area contributed by atoms with Gasteiger partial charge in [0.05, 0.1) is 11.6 Å². The van der Waals surface area contributed by atoms with Crippen molar-refractivity contribution in [1.82, 2.24) is 15.1 Å². The van der Waals surface area contributed by atoms with Crippen LogP contribution >= 0.6 is 11.6 Å². The van der Waals surface area contributed by atoms with E-state index >= 15 is 0 Å². The minimum Gasteiger partial charge on any atom is -0.489 e. The number of carbonyl (C=O) groups excluding carboxylic acids is 1. The Morgan fingerprint density at radius 3 is 2.41 bits per heavy atom. The van der Waals surface area contributed by atoms with E-state index < -0.39 is 6.10 Å². The van der Waals surface area contributed by atoms with Crippen LogP contribution in [-0.4, -0.2) is 72.8 Å². The molecule has 2 aromatic carbocycles. The maximum absolute atomic E-state index is 12.2. The zero-order chi connectivity index (χ0) is 20.5. The summed E-state index contributed by atoms with van der Waals surface area (Å²) in [5, 5.41) is 13.8. The lowest BCUT2D eigenvalue weighted by Crippen LogP contribution is -2.51. The Morgan fingerprint density at radius 2 is 1.69 bits per heavy atom. The van der Waals surface area contributed by atoms with Gasteiger partial charge >= 0.3 is 0 Å². The van der Waals surface area contributed by atoms with Gasteiger partial charge in [0, 0.05) is 39.3 Å². The molecule has 1 atom stereocenters. The standard InChI is InChI=1S/C22H28ClN3O3/c23-20-8-4-5-9-21(20)29-17-19(27)15-25-10-12-26(13-11-25)16-22(28)24-14-18-6-2-1-3-7-18/h1-9,19,27H,10-17H2,(H,24,28). The fourth-order valence-electron chi connectivity index (χ4n) is 3.28. The molecule has 1 aliphatic rings. The third-order valence-electron chi connectivity index (χ3n) is 4.90. The normalized spacial score (nSPS) is 16.3. The van der Waals surface area contributed by atoms with E-state index in [-0.39, 0.29) is 12.5 Å². The van der Waals surface area contributed by atoms with E-state index in [0.717, 1.165) is 31.7 Å². The second kappa shape index (κ2) is 11.2. The highest BCUT2D eigenvalue weighted by Crippen LogP contribution is 2.23. The number of hydrogen-bond donors (Lipinski definition) is 2. The molecule has 7 heteroatoms. The molecule has 29 heavy (non-hydrogen) atoms. The molecule has 2 N–H and O–H groups in total. The number of para-hydroxylation sites is 1. The average molecular weight is 418 g/mol. The number of β-amino-alcohol motifs (C(OH)–C–C–N with tert-alkyl or cyclic N) is 1. The number of ether oxygens (including phenoxy) is 1. The lowest BCUT2D eigenvalue weighted by molar-refractivity contribution is -0.122. The molecule has 1 saturated heterocycles. The first-order valence-electron chi connectivity index (χ1n) is 9.91. The molecule has 3 rings (SSSR count). The van der Waals surface area contributed by atoms with Crippen LogP contribution in [0.3, 0.4) is 0 Å². The van der Waals surface area contributed by atoms with Crippen molar-refractivity contribution in [2.45, 2.75) is 12.6 Å².